The van der Waals surface area contributed by atoms with E-state index in [0.29, 0.717) is 0 Å². The summed E-state index contributed by atoms with van der Waals surface area (Å²) in [6, 6.07) is 15.9. The number of hydrogen-bond acceptors (Lipinski definition) is 2. The molecule has 0 unspecified atom stereocenters. The van der Waals surface area contributed by atoms with E-state index in [-0.39, 0.29) is 0 Å². The summed E-state index contributed by atoms with van der Waals surface area (Å²) in [6.45, 7) is 0. The normalized spacial score (nSPS) is 12.8. The summed E-state index contributed by atoms with van der Waals surface area (Å²) < 4.78 is 5.95. The molecule has 2 aromatic rings. The highest BCUT2D eigenvalue weighted by Crippen LogP contribution is 2.37. The molecule has 0 radical (unpaired) electrons. The Balaban J connectivity index is 2.19. The summed E-state index contributed by atoms with van der Waals surface area (Å²) in [7, 11) is 0. The number of fused-ring (bicyclic) bond motifs is 2. The lowest BCUT2D eigenvalue weighted by Crippen LogP contribution is -2.01. The molecule has 0 aliphatic carbocycles. The van der Waals surface area contributed by atoms with Gasteiger partial charge in [-0.1, -0.05) is 40.2 Å². The molecule has 0 spiro atoms. The number of ether oxygens (including phenoxy) is 1. The van der Waals surface area contributed by atoms with Crippen molar-refractivity contribution in [2.24, 2.45) is 4.99 Å². The summed E-state index contributed by atoms with van der Waals surface area (Å²) in [5.74, 6) is 1.69. The van der Waals surface area contributed by atoms with Gasteiger partial charge in [-0.05, 0) is 24.3 Å². The first-order chi connectivity index (χ1) is 8.88. The molecule has 1 aliphatic heterocycles. The first kappa shape index (κ1) is 11.5. The van der Waals surface area contributed by atoms with E-state index in [1.54, 1.807) is 0 Å². The fourth-order valence-corrected chi connectivity index (χ4v) is 2.41. The molecule has 0 atom stereocenters. The van der Waals surface area contributed by atoms with Gasteiger partial charge in [0.25, 0.3) is 0 Å². The standard InChI is InChI=1S/C15H12BrNO/c16-10-9-12-11-5-1-3-7-14(11)18-15-8-4-2-6-13(15)17-12/h1-8H,9-10H2. The smallest absolute Gasteiger partial charge is 0.153 e. The Morgan fingerprint density at radius 3 is 2.50 bits per heavy atom. The molecule has 0 N–H and O–H groups in total. The van der Waals surface area contributed by atoms with Crippen molar-refractivity contribution in [3.63, 3.8) is 0 Å². The molecule has 90 valence electrons. The number of nitrogens with zero attached hydrogens (tertiary/aromatic N) is 1. The van der Waals surface area contributed by atoms with Gasteiger partial charge in [-0.3, -0.25) is 0 Å². The quantitative estimate of drug-likeness (QED) is 0.737. The number of rotatable bonds is 2. The second-order valence-corrected chi connectivity index (χ2v) is 4.86. The zero-order valence-electron chi connectivity index (χ0n) is 9.77. The van der Waals surface area contributed by atoms with E-state index in [2.05, 4.69) is 22.0 Å². The van der Waals surface area contributed by atoms with Gasteiger partial charge in [-0.2, -0.15) is 0 Å². The van der Waals surface area contributed by atoms with Crippen molar-refractivity contribution in [3.8, 4) is 11.5 Å². The molecule has 3 rings (SSSR count). The molecular weight excluding hydrogens is 290 g/mol. The van der Waals surface area contributed by atoms with Crippen LogP contribution in [-0.2, 0) is 0 Å². The van der Waals surface area contributed by atoms with Crippen LogP contribution in [0.4, 0.5) is 5.69 Å². The molecule has 18 heavy (non-hydrogen) atoms. The van der Waals surface area contributed by atoms with Gasteiger partial charge >= 0.3 is 0 Å². The highest BCUT2D eigenvalue weighted by Gasteiger charge is 2.16. The predicted molar refractivity (Wildman–Crippen MR) is 77.6 cm³/mol. The van der Waals surface area contributed by atoms with Crippen molar-refractivity contribution >= 4 is 27.3 Å². The zero-order chi connectivity index (χ0) is 12.4. The summed E-state index contributed by atoms with van der Waals surface area (Å²) in [5, 5.41) is 0.891. The number of hydrogen-bond donors (Lipinski definition) is 0. The van der Waals surface area contributed by atoms with Gasteiger partial charge in [0.15, 0.2) is 5.75 Å². The van der Waals surface area contributed by atoms with Crippen LogP contribution in [0.1, 0.15) is 12.0 Å². The maximum atomic E-state index is 5.95. The highest BCUT2D eigenvalue weighted by molar-refractivity contribution is 9.09. The molecule has 0 aromatic heterocycles. The van der Waals surface area contributed by atoms with Crippen molar-refractivity contribution in [1.29, 1.82) is 0 Å². The Kier molecular flexibility index (Phi) is 3.15. The summed E-state index contributed by atoms with van der Waals surface area (Å²) in [4.78, 5) is 4.73. The minimum atomic E-state index is 0.814. The number of para-hydroxylation sites is 3. The molecule has 0 fully saturated rings. The average Bonchev–Trinajstić information content (AvgIpc) is 2.56. The van der Waals surface area contributed by atoms with Gasteiger partial charge in [-0.25, -0.2) is 4.99 Å². The Bertz CT molecular complexity index is 607. The maximum Gasteiger partial charge on any atom is 0.153 e. The second kappa shape index (κ2) is 4.94. The van der Waals surface area contributed by atoms with Crippen LogP contribution in [0.25, 0.3) is 0 Å². The third kappa shape index (κ3) is 2.06. The molecule has 1 aliphatic rings. The maximum absolute atomic E-state index is 5.95. The van der Waals surface area contributed by atoms with E-state index in [4.69, 9.17) is 9.73 Å². The van der Waals surface area contributed by atoms with Crippen molar-refractivity contribution in [2.45, 2.75) is 6.42 Å². The highest BCUT2D eigenvalue weighted by atomic mass is 79.9. The summed E-state index contributed by atoms with van der Waals surface area (Å²) >= 11 is 3.48. The van der Waals surface area contributed by atoms with Gasteiger partial charge in [0, 0.05) is 17.3 Å². The number of benzene rings is 2. The summed E-state index contributed by atoms with van der Waals surface area (Å²) in [5.41, 5.74) is 3.03. The van der Waals surface area contributed by atoms with E-state index < -0.39 is 0 Å². The molecule has 3 heteroatoms. The average molecular weight is 302 g/mol. The topological polar surface area (TPSA) is 21.6 Å². The third-order valence-electron chi connectivity index (χ3n) is 2.87. The van der Waals surface area contributed by atoms with Gasteiger partial charge in [-0.15, -0.1) is 0 Å². The van der Waals surface area contributed by atoms with Gasteiger partial charge < -0.3 is 4.74 Å². The molecule has 2 aromatic carbocycles. The third-order valence-corrected chi connectivity index (χ3v) is 3.27. The monoisotopic (exact) mass is 301 g/mol. The first-order valence-corrected chi connectivity index (χ1v) is 7.00. The van der Waals surface area contributed by atoms with Gasteiger partial charge in [0.05, 0.1) is 5.71 Å². The van der Waals surface area contributed by atoms with Crippen LogP contribution < -0.4 is 4.74 Å². The van der Waals surface area contributed by atoms with Crippen molar-refractivity contribution in [2.75, 3.05) is 5.33 Å². The number of aliphatic imine (C=N–C) groups is 1. The van der Waals surface area contributed by atoms with Crippen LogP contribution in [0.3, 0.4) is 0 Å². The van der Waals surface area contributed by atoms with E-state index in [1.807, 2.05) is 42.5 Å². The predicted octanol–water partition coefficient (Wildman–Crippen LogP) is 4.70. The molecule has 0 bridgehead atoms. The van der Waals surface area contributed by atoms with Crippen molar-refractivity contribution in [3.05, 3.63) is 54.1 Å². The minimum absolute atomic E-state index is 0.814. The lowest BCUT2D eigenvalue weighted by atomic mass is 10.1. The van der Waals surface area contributed by atoms with Crippen LogP contribution in [-0.4, -0.2) is 11.0 Å². The van der Waals surface area contributed by atoms with Crippen LogP contribution in [0.5, 0.6) is 11.5 Å². The first-order valence-electron chi connectivity index (χ1n) is 5.88. The van der Waals surface area contributed by atoms with Gasteiger partial charge in [0.2, 0.25) is 0 Å². The fraction of sp³-hybridized carbons (Fsp3) is 0.133. The SMILES string of the molecule is BrCCC1=Nc2ccccc2Oc2ccccc21. The van der Waals surface area contributed by atoms with Crippen LogP contribution in [0, 0.1) is 0 Å². The second-order valence-electron chi connectivity index (χ2n) is 4.06. The molecule has 0 saturated carbocycles. The summed E-state index contributed by atoms with van der Waals surface area (Å²) in [6.07, 6.45) is 0.884. The molecule has 0 saturated heterocycles. The zero-order valence-corrected chi connectivity index (χ0v) is 11.4. The Hall–Kier alpha value is -1.61. The lowest BCUT2D eigenvalue weighted by molar-refractivity contribution is 0.485. The Labute approximate surface area is 114 Å². The van der Waals surface area contributed by atoms with Gasteiger partial charge in [0.1, 0.15) is 11.4 Å². The van der Waals surface area contributed by atoms with Crippen LogP contribution in [0.2, 0.25) is 0 Å². The lowest BCUT2D eigenvalue weighted by Gasteiger charge is -2.08. The van der Waals surface area contributed by atoms with Crippen molar-refractivity contribution in [1.82, 2.24) is 0 Å². The van der Waals surface area contributed by atoms with Crippen LogP contribution in [0.15, 0.2) is 53.5 Å². The number of alkyl halides is 1. The minimum Gasteiger partial charge on any atom is -0.454 e. The largest absolute Gasteiger partial charge is 0.454 e. The molecule has 2 nitrogen and oxygen atoms in total. The molecular formula is C15H12BrNO. The van der Waals surface area contributed by atoms with E-state index in [9.17, 15) is 0 Å². The van der Waals surface area contributed by atoms with Crippen LogP contribution >= 0.6 is 15.9 Å². The van der Waals surface area contributed by atoms with E-state index >= 15 is 0 Å². The number of halogens is 1. The van der Waals surface area contributed by atoms with Crippen molar-refractivity contribution < 1.29 is 4.74 Å². The molecule has 0 amide bonds. The fourth-order valence-electron chi connectivity index (χ4n) is 2.03. The van der Waals surface area contributed by atoms with E-state index in [0.717, 1.165) is 40.2 Å². The molecule has 1 heterocycles. The van der Waals surface area contributed by atoms with E-state index in [1.165, 1.54) is 0 Å². The Morgan fingerprint density at radius 1 is 0.944 bits per heavy atom. The Morgan fingerprint density at radius 2 is 1.67 bits per heavy atom.